The fourth-order valence-corrected chi connectivity index (χ4v) is 3.69. The summed E-state index contributed by atoms with van der Waals surface area (Å²) >= 11 is 0. The topological polar surface area (TPSA) is 24.4 Å². The normalized spacial score (nSPS) is 32.8. The Bertz CT molecular complexity index is 431. The van der Waals surface area contributed by atoms with Crippen LogP contribution in [0.5, 0.6) is 0 Å². The molecule has 0 saturated heterocycles. The highest BCUT2D eigenvalue weighted by Gasteiger charge is 2.59. The van der Waals surface area contributed by atoms with E-state index in [0.717, 1.165) is 12.5 Å². The van der Waals surface area contributed by atoms with E-state index >= 15 is 0 Å². The first-order valence-electron chi connectivity index (χ1n) is 6.19. The Morgan fingerprint density at radius 3 is 2.56 bits per heavy atom. The minimum absolute atomic E-state index is 0.592. The summed E-state index contributed by atoms with van der Waals surface area (Å²) in [6.45, 7) is 0.989. The number of benzene rings is 1. The molecule has 0 amide bonds. The molecule has 2 atom stereocenters. The van der Waals surface area contributed by atoms with Crippen molar-refractivity contribution in [2.45, 2.75) is 25.3 Å². The van der Waals surface area contributed by atoms with Gasteiger partial charge in [-0.15, -0.1) is 0 Å². The molecular formula is C14H16N2. The van der Waals surface area contributed by atoms with Crippen LogP contribution >= 0.6 is 0 Å². The number of nitrogens with one attached hydrogen (secondary N) is 1. The van der Waals surface area contributed by atoms with E-state index in [-0.39, 0.29) is 0 Å². The van der Waals surface area contributed by atoms with Gasteiger partial charge in [0.1, 0.15) is 0 Å². The summed E-state index contributed by atoms with van der Waals surface area (Å²) in [6, 6.07) is 9.57. The molecule has 1 heterocycles. The molecule has 1 saturated carbocycles. The van der Waals surface area contributed by atoms with E-state index in [1.165, 1.54) is 19.3 Å². The van der Waals surface area contributed by atoms with Crippen molar-refractivity contribution in [3.63, 3.8) is 0 Å². The second-order valence-corrected chi connectivity index (χ2v) is 5.56. The van der Waals surface area contributed by atoms with Gasteiger partial charge in [-0.1, -0.05) is 24.3 Å². The summed E-state index contributed by atoms with van der Waals surface area (Å²) in [5.41, 5.74) is 3.77. The highest BCUT2D eigenvalue weighted by atomic mass is 15.1. The lowest BCUT2D eigenvalue weighted by Crippen LogP contribution is -2.29. The summed E-state index contributed by atoms with van der Waals surface area (Å²) in [4.78, 5) is 4.29. The fraction of sp³-hybridized carbons (Fsp3) is 0.500. The summed E-state index contributed by atoms with van der Waals surface area (Å²) in [7, 11) is 0. The number of hydrogen-bond acceptors (Lipinski definition) is 2. The second kappa shape index (κ2) is 2.88. The Hall–Kier alpha value is -1.31. The number of hydrogen-bond donors (Lipinski definition) is 1. The van der Waals surface area contributed by atoms with Crippen LogP contribution in [0.25, 0.3) is 0 Å². The third-order valence-corrected chi connectivity index (χ3v) is 4.62. The standard InChI is InChI=1S/C14H16N2/c1-2-4-11-6-14(5-10(11)3-1)7-12(14)13-8-15-9-16-13/h1-4,9,12-13H,5-8H2,(H,15,16)/t12?,13-/m1/s1. The second-order valence-electron chi connectivity index (χ2n) is 5.56. The van der Waals surface area contributed by atoms with Gasteiger partial charge in [-0.05, 0) is 41.7 Å². The van der Waals surface area contributed by atoms with E-state index < -0.39 is 0 Å². The van der Waals surface area contributed by atoms with Gasteiger partial charge in [0.05, 0.1) is 12.9 Å². The van der Waals surface area contributed by atoms with E-state index in [1.54, 1.807) is 11.1 Å². The van der Waals surface area contributed by atoms with Gasteiger partial charge < -0.3 is 5.32 Å². The number of nitrogens with zero attached hydrogens (tertiary/aromatic N) is 1. The molecule has 1 aromatic carbocycles. The van der Waals surface area contributed by atoms with Gasteiger partial charge in [-0.3, -0.25) is 4.99 Å². The van der Waals surface area contributed by atoms with Gasteiger partial charge in [0.2, 0.25) is 0 Å². The first kappa shape index (κ1) is 8.80. The molecule has 1 N–H and O–H groups in total. The lowest BCUT2D eigenvalue weighted by molar-refractivity contribution is 0.426. The summed E-state index contributed by atoms with van der Waals surface area (Å²) in [5, 5.41) is 3.40. The molecule has 2 aliphatic carbocycles. The number of rotatable bonds is 1. The zero-order chi connectivity index (χ0) is 10.6. The van der Waals surface area contributed by atoms with Crippen LogP contribution in [0.1, 0.15) is 17.5 Å². The van der Waals surface area contributed by atoms with E-state index in [0.29, 0.717) is 11.5 Å². The largest absolute Gasteiger partial charge is 0.372 e. The quantitative estimate of drug-likeness (QED) is 0.754. The molecule has 2 heteroatoms. The lowest BCUT2D eigenvalue weighted by Gasteiger charge is -2.13. The molecular weight excluding hydrogens is 196 g/mol. The van der Waals surface area contributed by atoms with Crippen molar-refractivity contribution >= 4 is 6.34 Å². The SMILES string of the molecule is C1=NC[C@H](C2CC23Cc2ccccc2C3)N1. The Morgan fingerprint density at radius 2 is 1.94 bits per heavy atom. The predicted octanol–water partition coefficient (Wildman–Crippen LogP) is 1.79. The van der Waals surface area contributed by atoms with Crippen molar-refractivity contribution in [1.29, 1.82) is 0 Å². The molecule has 1 aromatic rings. The minimum atomic E-state index is 0.592. The van der Waals surface area contributed by atoms with Gasteiger partial charge in [0.25, 0.3) is 0 Å². The van der Waals surface area contributed by atoms with E-state index in [1.807, 2.05) is 6.34 Å². The number of aliphatic imine (C=N–C) groups is 1. The van der Waals surface area contributed by atoms with Crippen molar-refractivity contribution in [3.05, 3.63) is 35.4 Å². The van der Waals surface area contributed by atoms with Crippen LogP contribution < -0.4 is 5.32 Å². The van der Waals surface area contributed by atoms with Gasteiger partial charge in [0.15, 0.2) is 0 Å². The van der Waals surface area contributed by atoms with Crippen LogP contribution in [-0.2, 0) is 12.8 Å². The van der Waals surface area contributed by atoms with Crippen molar-refractivity contribution in [2.75, 3.05) is 6.54 Å². The highest BCUT2D eigenvalue weighted by Crippen LogP contribution is 2.62. The van der Waals surface area contributed by atoms with E-state index in [4.69, 9.17) is 0 Å². The maximum Gasteiger partial charge on any atom is 0.0827 e. The Labute approximate surface area is 95.8 Å². The third kappa shape index (κ3) is 1.10. The van der Waals surface area contributed by atoms with Gasteiger partial charge in [0, 0.05) is 6.04 Å². The van der Waals surface area contributed by atoms with Crippen molar-refractivity contribution in [2.24, 2.45) is 16.3 Å². The molecule has 4 rings (SSSR count). The van der Waals surface area contributed by atoms with Gasteiger partial charge in [-0.2, -0.15) is 0 Å². The predicted molar refractivity (Wildman–Crippen MR) is 64.7 cm³/mol. The first-order chi connectivity index (χ1) is 7.87. The molecule has 82 valence electrons. The average molecular weight is 212 g/mol. The number of fused-ring (bicyclic) bond motifs is 1. The fourth-order valence-electron chi connectivity index (χ4n) is 3.69. The van der Waals surface area contributed by atoms with Crippen molar-refractivity contribution in [1.82, 2.24) is 5.32 Å². The third-order valence-electron chi connectivity index (χ3n) is 4.62. The highest BCUT2D eigenvalue weighted by molar-refractivity contribution is 5.58. The van der Waals surface area contributed by atoms with Crippen LogP contribution in [0, 0.1) is 11.3 Å². The van der Waals surface area contributed by atoms with Gasteiger partial charge >= 0.3 is 0 Å². The van der Waals surface area contributed by atoms with Crippen LogP contribution in [-0.4, -0.2) is 18.9 Å². The molecule has 1 spiro atoms. The van der Waals surface area contributed by atoms with E-state index in [2.05, 4.69) is 34.6 Å². The van der Waals surface area contributed by atoms with Crippen LogP contribution in [0.2, 0.25) is 0 Å². The maximum atomic E-state index is 4.29. The van der Waals surface area contributed by atoms with Crippen LogP contribution in [0.15, 0.2) is 29.3 Å². The molecule has 0 aromatic heterocycles. The molecule has 3 aliphatic rings. The monoisotopic (exact) mass is 212 g/mol. The molecule has 0 radical (unpaired) electrons. The lowest BCUT2D eigenvalue weighted by atomic mass is 9.96. The van der Waals surface area contributed by atoms with Gasteiger partial charge in [-0.25, -0.2) is 0 Å². The van der Waals surface area contributed by atoms with Crippen LogP contribution in [0.4, 0.5) is 0 Å². The minimum Gasteiger partial charge on any atom is -0.372 e. The summed E-state index contributed by atoms with van der Waals surface area (Å²) in [6.07, 6.45) is 5.87. The zero-order valence-electron chi connectivity index (χ0n) is 9.32. The first-order valence-corrected chi connectivity index (χ1v) is 6.19. The van der Waals surface area contributed by atoms with E-state index in [9.17, 15) is 0 Å². The zero-order valence-corrected chi connectivity index (χ0v) is 9.32. The average Bonchev–Trinajstić information content (AvgIpc) is 2.73. The molecule has 1 aliphatic heterocycles. The smallest absolute Gasteiger partial charge is 0.0827 e. The van der Waals surface area contributed by atoms with Crippen LogP contribution in [0.3, 0.4) is 0 Å². The molecule has 2 nitrogen and oxygen atoms in total. The maximum absolute atomic E-state index is 4.29. The Morgan fingerprint density at radius 1 is 1.19 bits per heavy atom. The summed E-state index contributed by atoms with van der Waals surface area (Å²) < 4.78 is 0. The van der Waals surface area contributed by atoms with Crippen molar-refractivity contribution < 1.29 is 0 Å². The molecule has 0 bridgehead atoms. The Kier molecular flexibility index (Phi) is 1.58. The Balaban J connectivity index is 1.57. The molecule has 1 unspecified atom stereocenters. The summed E-state index contributed by atoms with van der Waals surface area (Å²) in [5.74, 6) is 0.849. The molecule has 1 fully saturated rings. The van der Waals surface area contributed by atoms with Crippen molar-refractivity contribution in [3.8, 4) is 0 Å². The molecule has 16 heavy (non-hydrogen) atoms.